The molecule has 5 heteroatoms. The molecular formula is C20H26N2O3. The molecule has 0 N–H and O–H groups in total. The van der Waals surface area contributed by atoms with Gasteiger partial charge in [0.05, 0.1) is 19.3 Å². The summed E-state index contributed by atoms with van der Waals surface area (Å²) in [4.78, 5) is 6.77. The van der Waals surface area contributed by atoms with Gasteiger partial charge in [-0.3, -0.25) is 4.90 Å². The van der Waals surface area contributed by atoms with E-state index in [1.165, 1.54) is 0 Å². The zero-order valence-corrected chi connectivity index (χ0v) is 14.8. The van der Waals surface area contributed by atoms with Crippen LogP contribution < -0.4 is 4.74 Å². The first-order chi connectivity index (χ1) is 12.2. The molecule has 2 aromatic heterocycles. The number of rotatable bonds is 5. The van der Waals surface area contributed by atoms with Gasteiger partial charge in [-0.2, -0.15) is 0 Å². The van der Waals surface area contributed by atoms with E-state index in [0.717, 1.165) is 57.0 Å². The maximum atomic E-state index is 6.13. The summed E-state index contributed by atoms with van der Waals surface area (Å²) in [6, 6.07) is 9.90. The van der Waals surface area contributed by atoms with Crippen molar-refractivity contribution in [3.8, 4) is 5.88 Å². The van der Waals surface area contributed by atoms with Crippen molar-refractivity contribution in [2.45, 2.75) is 38.8 Å². The Morgan fingerprint density at radius 2 is 2.28 bits per heavy atom. The molecule has 25 heavy (non-hydrogen) atoms. The van der Waals surface area contributed by atoms with Crippen LogP contribution in [-0.4, -0.2) is 42.3 Å². The minimum atomic E-state index is 0.0374. The Kier molecular flexibility index (Phi) is 4.77. The molecule has 2 aliphatic rings. The molecule has 0 aliphatic carbocycles. The average molecular weight is 342 g/mol. The number of fused-ring (bicyclic) bond motifs is 1. The van der Waals surface area contributed by atoms with Crippen LogP contribution in [0, 0.1) is 12.3 Å². The van der Waals surface area contributed by atoms with Gasteiger partial charge in [0.25, 0.3) is 0 Å². The monoisotopic (exact) mass is 342 g/mol. The second kappa shape index (κ2) is 7.18. The number of piperidine rings is 1. The molecule has 2 saturated heterocycles. The standard InChI is InChI=1S/C20H26N2O3/c1-16-6-7-17(25-16)13-22-11-8-18-20(14-22,9-4-12-23-18)15-24-19-5-2-3-10-21-19/h2-3,5-7,10,18H,4,8-9,11-15H2,1H3/t18-,20+/m1/s1. The molecule has 2 atom stereocenters. The van der Waals surface area contributed by atoms with Gasteiger partial charge in [-0.25, -0.2) is 4.98 Å². The fraction of sp³-hybridized carbons (Fsp3) is 0.550. The molecule has 134 valence electrons. The lowest BCUT2D eigenvalue weighted by molar-refractivity contribution is -0.141. The molecule has 0 aromatic carbocycles. The van der Waals surface area contributed by atoms with Gasteiger partial charge in [0.2, 0.25) is 5.88 Å². The minimum absolute atomic E-state index is 0.0374. The Morgan fingerprint density at radius 1 is 1.32 bits per heavy atom. The first kappa shape index (κ1) is 16.6. The number of hydrogen-bond acceptors (Lipinski definition) is 5. The second-order valence-electron chi connectivity index (χ2n) is 7.29. The SMILES string of the molecule is Cc1ccc(CN2CC[C@H]3OCCC[C@@]3(COc3ccccn3)C2)o1. The van der Waals surface area contributed by atoms with Crippen molar-refractivity contribution < 1.29 is 13.9 Å². The van der Waals surface area contributed by atoms with Crippen molar-refractivity contribution in [1.29, 1.82) is 0 Å². The molecule has 4 rings (SSSR count). The molecule has 0 spiro atoms. The first-order valence-corrected chi connectivity index (χ1v) is 9.17. The lowest BCUT2D eigenvalue weighted by Crippen LogP contribution is -2.57. The van der Waals surface area contributed by atoms with Crippen molar-refractivity contribution in [3.63, 3.8) is 0 Å². The van der Waals surface area contributed by atoms with Gasteiger partial charge in [0.1, 0.15) is 11.5 Å². The summed E-state index contributed by atoms with van der Waals surface area (Å²) in [5.74, 6) is 2.70. The van der Waals surface area contributed by atoms with Crippen LogP contribution in [0.2, 0.25) is 0 Å². The van der Waals surface area contributed by atoms with Crippen molar-refractivity contribution >= 4 is 0 Å². The summed E-state index contributed by atoms with van der Waals surface area (Å²) < 4.78 is 18.0. The van der Waals surface area contributed by atoms with E-state index in [2.05, 4.69) is 16.0 Å². The Labute approximate surface area is 148 Å². The quantitative estimate of drug-likeness (QED) is 0.833. The van der Waals surface area contributed by atoms with Crippen LogP contribution >= 0.6 is 0 Å². The average Bonchev–Trinajstić information content (AvgIpc) is 3.05. The molecule has 0 amide bonds. The lowest BCUT2D eigenvalue weighted by Gasteiger charge is -2.50. The third-order valence-electron chi connectivity index (χ3n) is 5.39. The van der Waals surface area contributed by atoms with Crippen LogP contribution in [0.25, 0.3) is 0 Å². The van der Waals surface area contributed by atoms with Gasteiger partial charge in [-0.1, -0.05) is 6.07 Å². The van der Waals surface area contributed by atoms with E-state index in [1.54, 1.807) is 6.20 Å². The zero-order valence-electron chi connectivity index (χ0n) is 14.8. The van der Waals surface area contributed by atoms with E-state index in [9.17, 15) is 0 Å². The lowest BCUT2D eigenvalue weighted by atomic mass is 9.73. The highest BCUT2D eigenvalue weighted by Crippen LogP contribution is 2.41. The summed E-state index contributed by atoms with van der Waals surface area (Å²) in [6.07, 6.45) is 5.33. The smallest absolute Gasteiger partial charge is 0.213 e. The first-order valence-electron chi connectivity index (χ1n) is 9.17. The Bertz CT molecular complexity index is 687. The number of nitrogens with zero attached hydrogens (tertiary/aromatic N) is 2. The maximum Gasteiger partial charge on any atom is 0.213 e. The molecule has 4 heterocycles. The molecule has 0 radical (unpaired) electrons. The zero-order chi connectivity index (χ0) is 17.1. The fourth-order valence-corrected chi connectivity index (χ4v) is 4.17. The van der Waals surface area contributed by atoms with Crippen molar-refractivity contribution in [1.82, 2.24) is 9.88 Å². The highest BCUT2D eigenvalue weighted by Gasteiger charge is 2.46. The van der Waals surface area contributed by atoms with Crippen LogP contribution in [-0.2, 0) is 11.3 Å². The van der Waals surface area contributed by atoms with Gasteiger partial charge in [-0.05, 0) is 44.4 Å². The van der Waals surface area contributed by atoms with Crippen molar-refractivity contribution in [2.75, 3.05) is 26.3 Å². The van der Waals surface area contributed by atoms with Crippen LogP contribution in [0.1, 0.15) is 30.8 Å². The third-order valence-corrected chi connectivity index (χ3v) is 5.39. The molecule has 0 saturated carbocycles. The van der Waals surface area contributed by atoms with E-state index in [0.29, 0.717) is 12.5 Å². The number of ether oxygens (including phenoxy) is 2. The van der Waals surface area contributed by atoms with Gasteiger partial charge in [0, 0.05) is 37.4 Å². The summed E-state index contributed by atoms with van der Waals surface area (Å²) >= 11 is 0. The van der Waals surface area contributed by atoms with Gasteiger partial charge in [-0.15, -0.1) is 0 Å². The highest BCUT2D eigenvalue weighted by atomic mass is 16.5. The molecule has 5 nitrogen and oxygen atoms in total. The normalized spacial score (nSPS) is 27.0. The third kappa shape index (κ3) is 3.72. The summed E-state index contributed by atoms with van der Waals surface area (Å²) in [5, 5.41) is 0. The molecular weight excluding hydrogens is 316 g/mol. The van der Waals surface area contributed by atoms with E-state index < -0.39 is 0 Å². The predicted molar refractivity (Wildman–Crippen MR) is 94.5 cm³/mol. The number of furan rings is 1. The summed E-state index contributed by atoms with van der Waals surface area (Å²) in [7, 11) is 0. The largest absolute Gasteiger partial charge is 0.477 e. The Hall–Kier alpha value is -1.85. The maximum absolute atomic E-state index is 6.13. The van der Waals surface area contributed by atoms with Crippen LogP contribution in [0.4, 0.5) is 0 Å². The number of likely N-dealkylation sites (tertiary alicyclic amines) is 1. The van der Waals surface area contributed by atoms with Crippen LogP contribution in [0.5, 0.6) is 5.88 Å². The molecule has 2 aliphatic heterocycles. The number of aromatic nitrogens is 1. The Balaban J connectivity index is 1.46. The van der Waals surface area contributed by atoms with Gasteiger partial charge >= 0.3 is 0 Å². The van der Waals surface area contributed by atoms with E-state index >= 15 is 0 Å². The summed E-state index contributed by atoms with van der Waals surface area (Å²) in [5.41, 5.74) is 0.0374. The van der Waals surface area contributed by atoms with Gasteiger partial charge in [0.15, 0.2) is 0 Å². The van der Waals surface area contributed by atoms with Crippen LogP contribution in [0.15, 0.2) is 40.9 Å². The predicted octanol–water partition coefficient (Wildman–Crippen LogP) is 3.43. The van der Waals surface area contributed by atoms with E-state index in [-0.39, 0.29) is 11.5 Å². The molecule has 2 fully saturated rings. The Morgan fingerprint density at radius 3 is 3.08 bits per heavy atom. The van der Waals surface area contributed by atoms with E-state index in [1.807, 2.05) is 31.2 Å². The second-order valence-corrected chi connectivity index (χ2v) is 7.29. The van der Waals surface area contributed by atoms with Crippen LogP contribution in [0.3, 0.4) is 0 Å². The highest BCUT2D eigenvalue weighted by molar-refractivity contribution is 5.10. The minimum Gasteiger partial charge on any atom is -0.477 e. The van der Waals surface area contributed by atoms with Crippen molar-refractivity contribution in [3.05, 3.63) is 48.0 Å². The van der Waals surface area contributed by atoms with Crippen molar-refractivity contribution in [2.24, 2.45) is 5.41 Å². The van der Waals surface area contributed by atoms with E-state index in [4.69, 9.17) is 13.9 Å². The number of hydrogen-bond donors (Lipinski definition) is 0. The molecule has 2 aromatic rings. The number of aryl methyl sites for hydroxylation is 1. The number of pyridine rings is 1. The topological polar surface area (TPSA) is 47.7 Å². The summed E-state index contributed by atoms with van der Waals surface area (Å²) in [6.45, 7) is 6.38. The fourth-order valence-electron chi connectivity index (χ4n) is 4.17. The molecule has 0 bridgehead atoms. The van der Waals surface area contributed by atoms with Gasteiger partial charge < -0.3 is 13.9 Å². The molecule has 0 unspecified atom stereocenters.